The molecule has 0 bridgehead atoms. The Labute approximate surface area is 137 Å². The van der Waals surface area contributed by atoms with Gasteiger partial charge in [-0.25, -0.2) is 4.79 Å². The van der Waals surface area contributed by atoms with Gasteiger partial charge in [-0.15, -0.1) is 0 Å². The second-order valence-electron chi connectivity index (χ2n) is 4.90. The van der Waals surface area contributed by atoms with Crippen LogP contribution in [-0.4, -0.2) is 11.1 Å². The van der Waals surface area contributed by atoms with Crippen LogP contribution < -0.4 is 5.32 Å². The molecule has 5 heteroatoms. The summed E-state index contributed by atoms with van der Waals surface area (Å²) < 4.78 is 0.722. The molecule has 0 aromatic heterocycles. The summed E-state index contributed by atoms with van der Waals surface area (Å²) in [7, 11) is 0. The molecule has 1 atom stereocenters. The number of hydrogen-bond acceptors (Lipinski definition) is 2. The summed E-state index contributed by atoms with van der Waals surface area (Å²) in [5.41, 5.74) is 3.42. The van der Waals surface area contributed by atoms with E-state index in [4.69, 9.17) is 11.6 Å². The van der Waals surface area contributed by atoms with Crippen LogP contribution in [0.3, 0.4) is 0 Å². The van der Waals surface area contributed by atoms with E-state index in [-0.39, 0.29) is 0 Å². The van der Waals surface area contributed by atoms with Crippen molar-refractivity contribution in [3.8, 4) is 0 Å². The minimum Gasteiger partial charge on any atom is -0.479 e. The van der Waals surface area contributed by atoms with Gasteiger partial charge in [0, 0.05) is 10.2 Å². The van der Waals surface area contributed by atoms with Crippen molar-refractivity contribution in [3.05, 3.63) is 62.6 Å². The van der Waals surface area contributed by atoms with Crippen molar-refractivity contribution in [1.29, 1.82) is 0 Å². The van der Waals surface area contributed by atoms with E-state index >= 15 is 0 Å². The van der Waals surface area contributed by atoms with Gasteiger partial charge in [-0.3, -0.25) is 0 Å². The second-order valence-corrected chi connectivity index (χ2v) is 6.17. The lowest BCUT2D eigenvalue weighted by Gasteiger charge is -2.19. The van der Waals surface area contributed by atoms with Crippen LogP contribution in [0.2, 0.25) is 5.02 Å². The fraction of sp³-hybridized carbons (Fsp3) is 0.188. The second kappa shape index (κ2) is 6.50. The van der Waals surface area contributed by atoms with Gasteiger partial charge < -0.3 is 10.4 Å². The molecular formula is C16H15BrClNO2. The lowest BCUT2D eigenvalue weighted by molar-refractivity contribution is -0.138. The van der Waals surface area contributed by atoms with Crippen LogP contribution in [0.5, 0.6) is 0 Å². The molecule has 21 heavy (non-hydrogen) atoms. The predicted octanol–water partition coefficient (Wildman–Crippen LogP) is 4.96. The topological polar surface area (TPSA) is 49.3 Å². The predicted molar refractivity (Wildman–Crippen MR) is 89.1 cm³/mol. The highest BCUT2D eigenvalue weighted by molar-refractivity contribution is 9.10. The fourth-order valence-corrected chi connectivity index (χ4v) is 2.59. The molecule has 0 aliphatic heterocycles. The Hall–Kier alpha value is -1.52. The van der Waals surface area contributed by atoms with E-state index in [1.165, 1.54) is 0 Å². The van der Waals surface area contributed by atoms with Gasteiger partial charge in [0.2, 0.25) is 0 Å². The van der Waals surface area contributed by atoms with E-state index in [0.717, 1.165) is 21.2 Å². The highest BCUT2D eigenvalue weighted by Crippen LogP contribution is 2.29. The van der Waals surface area contributed by atoms with Crippen LogP contribution in [0.25, 0.3) is 0 Å². The molecule has 110 valence electrons. The van der Waals surface area contributed by atoms with Gasteiger partial charge in [0.05, 0.1) is 5.02 Å². The zero-order valence-electron chi connectivity index (χ0n) is 11.7. The van der Waals surface area contributed by atoms with E-state index in [1.807, 2.05) is 32.0 Å². The highest BCUT2D eigenvalue weighted by Gasteiger charge is 2.21. The monoisotopic (exact) mass is 367 g/mol. The molecule has 3 nitrogen and oxygen atoms in total. The summed E-state index contributed by atoms with van der Waals surface area (Å²) in [5.74, 6) is -0.922. The number of carbonyl (C=O) groups is 1. The first-order valence-electron chi connectivity index (χ1n) is 6.40. The SMILES string of the molecule is Cc1ccc(C)c(C(Nc2ccc(Cl)c(Br)c2)C(=O)O)c1. The number of halogens is 2. The molecule has 0 heterocycles. The third kappa shape index (κ3) is 3.77. The molecule has 0 aliphatic rings. The Balaban J connectivity index is 2.37. The van der Waals surface area contributed by atoms with E-state index in [2.05, 4.69) is 21.2 Å². The van der Waals surface area contributed by atoms with Crippen LogP contribution >= 0.6 is 27.5 Å². The first kappa shape index (κ1) is 15.9. The standard InChI is InChI=1S/C16H15BrClNO2/c1-9-3-4-10(2)12(7-9)15(16(20)21)19-11-5-6-14(18)13(17)8-11/h3-8,15,19H,1-2H3,(H,20,21). The van der Waals surface area contributed by atoms with Gasteiger partial charge in [0.25, 0.3) is 0 Å². The molecule has 2 aromatic rings. The number of rotatable bonds is 4. The van der Waals surface area contributed by atoms with Crippen molar-refractivity contribution >= 4 is 39.2 Å². The average Bonchev–Trinajstić information content (AvgIpc) is 2.42. The Bertz CT molecular complexity index is 688. The normalized spacial score (nSPS) is 12.0. The summed E-state index contributed by atoms with van der Waals surface area (Å²) in [6.07, 6.45) is 0. The summed E-state index contributed by atoms with van der Waals surface area (Å²) >= 11 is 9.29. The first-order chi connectivity index (χ1) is 9.88. The molecule has 1 unspecified atom stereocenters. The van der Waals surface area contributed by atoms with Gasteiger partial charge in [-0.05, 0) is 59.1 Å². The maximum absolute atomic E-state index is 11.6. The van der Waals surface area contributed by atoms with Crippen molar-refractivity contribution in [2.24, 2.45) is 0 Å². The van der Waals surface area contributed by atoms with Gasteiger partial charge in [0.1, 0.15) is 0 Å². The van der Waals surface area contributed by atoms with Crippen LogP contribution in [-0.2, 0) is 4.79 Å². The van der Waals surface area contributed by atoms with Crippen molar-refractivity contribution in [3.63, 3.8) is 0 Å². The van der Waals surface area contributed by atoms with Crippen molar-refractivity contribution < 1.29 is 9.90 Å². The van der Waals surface area contributed by atoms with Gasteiger partial charge >= 0.3 is 5.97 Å². The summed E-state index contributed by atoms with van der Waals surface area (Å²) in [6.45, 7) is 3.85. The molecule has 0 spiro atoms. The van der Waals surface area contributed by atoms with E-state index in [9.17, 15) is 9.90 Å². The zero-order chi connectivity index (χ0) is 15.6. The van der Waals surface area contributed by atoms with Crippen LogP contribution in [0.4, 0.5) is 5.69 Å². The van der Waals surface area contributed by atoms with E-state index in [0.29, 0.717) is 10.7 Å². The minimum absolute atomic E-state index is 0.583. The van der Waals surface area contributed by atoms with Gasteiger partial charge in [0.15, 0.2) is 6.04 Å². The Kier molecular flexibility index (Phi) is 4.91. The van der Waals surface area contributed by atoms with Crippen LogP contribution in [0, 0.1) is 13.8 Å². The Morgan fingerprint density at radius 1 is 1.24 bits per heavy atom. The van der Waals surface area contributed by atoms with Crippen LogP contribution in [0.1, 0.15) is 22.7 Å². The van der Waals surface area contributed by atoms with Crippen LogP contribution in [0.15, 0.2) is 40.9 Å². The Morgan fingerprint density at radius 2 is 1.95 bits per heavy atom. The summed E-state index contributed by atoms with van der Waals surface area (Å²) in [5, 5.41) is 13.2. The molecule has 0 aliphatic carbocycles. The smallest absolute Gasteiger partial charge is 0.330 e. The number of benzene rings is 2. The molecule has 0 saturated carbocycles. The molecule has 2 aromatic carbocycles. The molecule has 2 N–H and O–H groups in total. The molecule has 2 rings (SSSR count). The number of nitrogens with one attached hydrogen (secondary N) is 1. The van der Waals surface area contributed by atoms with E-state index < -0.39 is 12.0 Å². The van der Waals surface area contributed by atoms with Crippen molar-refractivity contribution in [2.45, 2.75) is 19.9 Å². The van der Waals surface area contributed by atoms with Crippen molar-refractivity contribution in [1.82, 2.24) is 0 Å². The largest absolute Gasteiger partial charge is 0.479 e. The molecule has 0 saturated heterocycles. The summed E-state index contributed by atoms with van der Waals surface area (Å²) in [6, 6.07) is 10.2. The number of carboxylic acids is 1. The zero-order valence-corrected chi connectivity index (χ0v) is 14.0. The molecule has 0 fully saturated rings. The summed E-state index contributed by atoms with van der Waals surface area (Å²) in [4.78, 5) is 11.6. The van der Waals surface area contributed by atoms with E-state index in [1.54, 1.807) is 18.2 Å². The lowest BCUT2D eigenvalue weighted by Crippen LogP contribution is -2.21. The third-order valence-electron chi connectivity index (χ3n) is 3.22. The quantitative estimate of drug-likeness (QED) is 0.802. The van der Waals surface area contributed by atoms with Gasteiger partial charge in [-0.1, -0.05) is 35.4 Å². The first-order valence-corrected chi connectivity index (χ1v) is 7.57. The number of hydrogen-bond donors (Lipinski definition) is 2. The van der Waals surface area contributed by atoms with Crippen molar-refractivity contribution in [2.75, 3.05) is 5.32 Å². The minimum atomic E-state index is -0.922. The molecular weight excluding hydrogens is 354 g/mol. The molecule has 0 radical (unpaired) electrons. The third-order valence-corrected chi connectivity index (χ3v) is 4.44. The average molecular weight is 369 g/mol. The Morgan fingerprint density at radius 3 is 2.57 bits per heavy atom. The number of aryl methyl sites for hydroxylation is 2. The highest BCUT2D eigenvalue weighted by atomic mass is 79.9. The fourth-order valence-electron chi connectivity index (χ4n) is 2.10. The van der Waals surface area contributed by atoms with Gasteiger partial charge in [-0.2, -0.15) is 0 Å². The maximum atomic E-state index is 11.6. The lowest BCUT2D eigenvalue weighted by atomic mass is 9.98. The number of aliphatic carboxylic acids is 1. The molecule has 0 amide bonds. The number of carboxylic acid groups (broad SMARTS) is 1. The number of anilines is 1. The maximum Gasteiger partial charge on any atom is 0.330 e.